The number of methoxy groups -OCH3 is 1. The highest BCUT2D eigenvalue weighted by Gasteiger charge is 2.25. The molecule has 1 N–H and O–H groups in total. The Balaban J connectivity index is 1.56. The molecule has 8 nitrogen and oxygen atoms in total. The molecule has 5 rings (SSSR count). The monoisotopic (exact) mass is 464 g/mol. The van der Waals surface area contributed by atoms with Gasteiger partial charge in [-0.15, -0.1) is 0 Å². The van der Waals surface area contributed by atoms with Crippen LogP contribution in [-0.2, 0) is 0 Å². The molecule has 180 valence electrons. The SMILES string of the molecule is COc1cc(O)c2c(=O)cc(-c3ccc(N4CCN(C)CC4)cc3)oc2c1N1CCN(C)CC1. The van der Waals surface area contributed by atoms with Gasteiger partial charge in [-0.05, 0) is 38.4 Å². The molecule has 0 saturated carbocycles. The fraction of sp³-hybridized carbons (Fsp3) is 0.423. The van der Waals surface area contributed by atoms with Crippen molar-refractivity contribution in [3.63, 3.8) is 0 Å². The molecule has 0 unspecified atom stereocenters. The van der Waals surface area contributed by atoms with Crippen LogP contribution in [0.1, 0.15) is 0 Å². The standard InChI is InChI=1S/C26H32N4O4/c1-27-8-12-29(13-9-27)19-6-4-18(5-7-19)22-16-20(31)24-21(32)17-23(33-3)25(26(24)34-22)30-14-10-28(2)11-15-30/h4-7,16-17,32H,8-15H2,1-3H3. The summed E-state index contributed by atoms with van der Waals surface area (Å²) in [5, 5.41) is 10.8. The lowest BCUT2D eigenvalue weighted by Gasteiger charge is -2.35. The normalized spacial score (nSPS) is 18.0. The van der Waals surface area contributed by atoms with E-state index in [-0.39, 0.29) is 16.6 Å². The second-order valence-electron chi connectivity index (χ2n) is 9.25. The van der Waals surface area contributed by atoms with Gasteiger partial charge in [0.05, 0.1) is 7.11 Å². The molecule has 0 spiro atoms. The zero-order chi connectivity index (χ0) is 23.8. The van der Waals surface area contributed by atoms with E-state index in [4.69, 9.17) is 9.15 Å². The zero-order valence-corrected chi connectivity index (χ0v) is 20.1. The molecule has 0 amide bonds. The molecule has 2 saturated heterocycles. The van der Waals surface area contributed by atoms with Crippen LogP contribution >= 0.6 is 0 Å². The molecule has 34 heavy (non-hydrogen) atoms. The van der Waals surface area contributed by atoms with E-state index < -0.39 is 0 Å². The molecule has 0 aliphatic carbocycles. The lowest BCUT2D eigenvalue weighted by atomic mass is 10.1. The maximum Gasteiger partial charge on any atom is 0.197 e. The molecule has 0 atom stereocenters. The average Bonchev–Trinajstić information content (AvgIpc) is 2.85. The first kappa shape index (κ1) is 22.6. The van der Waals surface area contributed by atoms with Gasteiger partial charge >= 0.3 is 0 Å². The van der Waals surface area contributed by atoms with Gasteiger partial charge in [-0.25, -0.2) is 0 Å². The van der Waals surface area contributed by atoms with Crippen molar-refractivity contribution in [1.82, 2.24) is 9.80 Å². The molecule has 8 heteroatoms. The van der Waals surface area contributed by atoms with Crippen LogP contribution in [-0.4, -0.2) is 88.5 Å². The number of nitrogens with zero attached hydrogens (tertiary/aromatic N) is 4. The van der Waals surface area contributed by atoms with E-state index >= 15 is 0 Å². The Morgan fingerprint density at radius 1 is 0.853 bits per heavy atom. The summed E-state index contributed by atoms with van der Waals surface area (Å²) in [5.74, 6) is 0.848. The number of benzene rings is 2. The summed E-state index contributed by atoms with van der Waals surface area (Å²) in [6.45, 7) is 7.42. The molecule has 2 aliphatic rings. The number of hydrogen-bond acceptors (Lipinski definition) is 8. The number of fused-ring (bicyclic) bond motifs is 1. The topological polar surface area (TPSA) is 72.6 Å². The summed E-state index contributed by atoms with van der Waals surface area (Å²) in [5.41, 5.74) is 2.80. The summed E-state index contributed by atoms with van der Waals surface area (Å²) < 4.78 is 12.0. The summed E-state index contributed by atoms with van der Waals surface area (Å²) in [4.78, 5) is 22.3. The number of anilines is 2. The molecule has 3 aromatic rings. The van der Waals surface area contributed by atoms with E-state index in [9.17, 15) is 9.90 Å². The van der Waals surface area contributed by atoms with Crippen LogP contribution in [0, 0.1) is 0 Å². The van der Waals surface area contributed by atoms with E-state index in [0.717, 1.165) is 69.3 Å². The largest absolute Gasteiger partial charge is 0.507 e. The van der Waals surface area contributed by atoms with Crippen molar-refractivity contribution in [3.8, 4) is 22.8 Å². The van der Waals surface area contributed by atoms with Crippen molar-refractivity contribution in [2.45, 2.75) is 0 Å². The van der Waals surface area contributed by atoms with E-state index in [1.165, 1.54) is 12.1 Å². The third kappa shape index (κ3) is 4.19. The average molecular weight is 465 g/mol. The van der Waals surface area contributed by atoms with Gasteiger partial charge in [-0.2, -0.15) is 0 Å². The Morgan fingerprint density at radius 2 is 1.44 bits per heavy atom. The number of ether oxygens (including phenoxy) is 1. The summed E-state index contributed by atoms with van der Waals surface area (Å²) in [6.07, 6.45) is 0. The number of rotatable bonds is 4. The molecular weight excluding hydrogens is 432 g/mol. The highest BCUT2D eigenvalue weighted by Crippen LogP contribution is 2.42. The van der Waals surface area contributed by atoms with E-state index in [1.54, 1.807) is 7.11 Å². The van der Waals surface area contributed by atoms with Crippen molar-refractivity contribution < 1.29 is 14.3 Å². The number of likely N-dealkylation sites (N-methyl/N-ethyl adjacent to an activating group) is 2. The van der Waals surface area contributed by atoms with Crippen LogP contribution in [0.2, 0.25) is 0 Å². The van der Waals surface area contributed by atoms with Crippen LogP contribution in [0.15, 0.2) is 45.6 Å². The van der Waals surface area contributed by atoms with Gasteiger partial charge < -0.3 is 33.9 Å². The van der Waals surface area contributed by atoms with Gasteiger partial charge in [0.15, 0.2) is 11.0 Å². The molecule has 2 fully saturated rings. The Morgan fingerprint density at radius 3 is 2.03 bits per heavy atom. The maximum absolute atomic E-state index is 13.1. The number of piperazine rings is 2. The van der Waals surface area contributed by atoms with E-state index in [0.29, 0.717) is 17.1 Å². The van der Waals surface area contributed by atoms with Gasteiger partial charge in [-0.1, -0.05) is 0 Å². The lowest BCUT2D eigenvalue weighted by molar-refractivity contribution is 0.311. The molecule has 3 heterocycles. The van der Waals surface area contributed by atoms with Gasteiger partial charge in [0.2, 0.25) is 0 Å². The van der Waals surface area contributed by atoms with Crippen molar-refractivity contribution in [2.75, 3.05) is 83.4 Å². The van der Waals surface area contributed by atoms with Crippen molar-refractivity contribution in [1.29, 1.82) is 0 Å². The Kier molecular flexibility index (Phi) is 6.10. The maximum atomic E-state index is 13.1. The second kappa shape index (κ2) is 9.19. The number of aromatic hydroxyl groups is 1. The number of phenols is 1. The lowest BCUT2D eigenvalue weighted by Crippen LogP contribution is -2.44. The Bertz CT molecular complexity index is 1220. The summed E-state index contributed by atoms with van der Waals surface area (Å²) in [6, 6.07) is 11.1. The number of phenolic OH excluding ortho intramolecular Hbond substituents is 1. The quantitative estimate of drug-likeness (QED) is 0.632. The van der Waals surface area contributed by atoms with Crippen molar-refractivity contribution in [3.05, 3.63) is 46.6 Å². The van der Waals surface area contributed by atoms with Gasteiger partial charge in [0, 0.05) is 75.7 Å². The van der Waals surface area contributed by atoms with Crippen LogP contribution in [0.25, 0.3) is 22.3 Å². The first-order chi connectivity index (χ1) is 16.4. The minimum Gasteiger partial charge on any atom is -0.507 e. The fourth-order valence-corrected chi connectivity index (χ4v) is 4.81. The first-order valence-corrected chi connectivity index (χ1v) is 11.8. The predicted octanol–water partition coefficient (Wildman–Crippen LogP) is 2.68. The minimum atomic E-state index is -0.269. The third-order valence-corrected chi connectivity index (χ3v) is 6.98. The molecule has 0 radical (unpaired) electrons. The summed E-state index contributed by atoms with van der Waals surface area (Å²) >= 11 is 0. The molecular formula is C26H32N4O4. The highest BCUT2D eigenvalue weighted by molar-refractivity contribution is 5.97. The molecule has 0 bridgehead atoms. The van der Waals surface area contributed by atoms with Crippen LogP contribution in [0.3, 0.4) is 0 Å². The number of hydrogen-bond donors (Lipinski definition) is 1. The molecule has 2 aromatic carbocycles. The van der Waals surface area contributed by atoms with Gasteiger partial charge in [0.1, 0.15) is 28.3 Å². The zero-order valence-electron chi connectivity index (χ0n) is 20.1. The third-order valence-electron chi connectivity index (χ3n) is 6.98. The van der Waals surface area contributed by atoms with Crippen LogP contribution < -0.4 is 20.0 Å². The highest BCUT2D eigenvalue weighted by atomic mass is 16.5. The van der Waals surface area contributed by atoms with Crippen LogP contribution in [0.4, 0.5) is 11.4 Å². The van der Waals surface area contributed by atoms with Gasteiger partial charge in [-0.3, -0.25) is 4.79 Å². The van der Waals surface area contributed by atoms with E-state index in [2.05, 4.69) is 45.8 Å². The smallest absolute Gasteiger partial charge is 0.197 e. The minimum absolute atomic E-state index is 0.129. The van der Waals surface area contributed by atoms with Gasteiger partial charge in [0.25, 0.3) is 0 Å². The molecule has 1 aromatic heterocycles. The first-order valence-electron chi connectivity index (χ1n) is 11.8. The Hall–Kier alpha value is -3.23. The van der Waals surface area contributed by atoms with Crippen LogP contribution in [0.5, 0.6) is 11.5 Å². The fourth-order valence-electron chi connectivity index (χ4n) is 4.81. The second-order valence-corrected chi connectivity index (χ2v) is 9.25. The summed E-state index contributed by atoms with van der Waals surface area (Å²) in [7, 11) is 5.80. The van der Waals surface area contributed by atoms with Crippen molar-refractivity contribution in [2.24, 2.45) is 0 Å². The molecule has 2 aliphatic heterocycles. The predicted molar refractivity (Wildman–Crippen MR) is 136 cm³/mol. The van der Waals surface area contributed by atoms with E-state index in [1.807, 2.05) is 12.1 Å². The Labute approximate surface area is 199 Å². The van der Waals surface area contributed by atoms with Crippen molar-refractivity contribution >= 4 is 22.3 Å².